The minimum absolute atomic E-state index is 0.927. The summed E-state index contributed by atoms with van der Waals surface area (Å²) in [6.07, 6.45) is 0. The van der Waals surface area contributed by atoms with Crippen LogP contribution in [0.4, 0.5) is 0 Å². The maximum atomic E-state index is 5.04. The van der Waals surface area contributed by atoms with Crippen LogP contribution in [0.1, 0.15) is 0 Å². The van der Waals surface area contributed by atoms with Crippen molar-refractivity contribution in [2.24, 2.45) is 0 Å². The van der Waals surface area contributed by atoms with Gasteiger partial charge in [-0.15, -0.1) is 0 Å². The van der Waals surface area contributed by atoms with Gasteiger partial charge in [0, 0.05) is 0 Å². The van der Waals surface area contributed by atoms with Crippen LogP contribution in [0.2, 0.25) is 0 Å². The first-order chi connectivity index (χ1) is 4.33. The molecule has 0 saturated carbocycles. The van der Waals surface area contributed by atoms with Crippen molar-refractivity contribution in [1.29, 1.82) is 0 Å². The van der Waals surface area contributed by atoms with Crippen molar-refractivity contribution >= 4 is 15.9 Å². The number of rotatable bonds is 1. The second-order valence-corrected chi connectivity index (χ2v) is 2.97. The maximum absolute atomic E-state index is 5.04. The van der Waals surface area contributed by atoms with Gasteiger partial charge in [-0.1, -0.05) is 0 Å². The van der Waals surface area contributed by atoms with E-state index < -0.39 is 0 Å². The molecule has 0 heterocycles. The Kier molecular flexibility index (Phi) is 2.93. The molecule has 0 fully saturated rings. The second kappa shape index (κ2) is 3.53. The molecule has 0 aromatic heterocycles. The molecule has 1 aromatic rings. The first kappa shape index (κ1) is 7.49. The first-order valence-corrected chi connectivity index (χ1v) is 4.22. The van der Waals surface area contributed by atoms with E-state index in [0.717, 1.165) is 35.4 Å². The Labute approximate surface area is 78.0 Å². The Bertz CT molecular complexity index is 185. The minimum atomic E-state index is 0.927. The van der Waals surface area contributed by atoms with Gasteiger partial charge in [0.1, 0.15) is 0 Å². The van der Waals surface area contributed by atoms with E-state index in [1.54, 1.807) is 0 Å². The van der Waals surface area contributed by atoms with E-state index in [4.69, 9.17) is 2.81 Å². The quantitative estimate of drug-likeness (QED) is 0.755. The third-order valence-corrected chi connectivity index (χ3v) is 2.04. The van der Waals surface area contributed by atoms with Crippen LogP contribution in [0.25, 0.3) is 0 Å². The average molecular weight is 263 g/mol. The van der Waals surface area contributed by atoms with E-state index in [2.05, 4.69) is 15.9 Å². The Morgan fingerprint density at radius 2 is 1.78 bits per heavy atom. The third kappa shape index (κ3) is 2.23. The summed E-state index contributed by atoms with van der Waals surface area (Å²) in [5.41, 5.74) is 0. The van der Waals surface area contributed by atoms with Crippen LogP contribution < -0.4 is 2.81 Å². The Balaban J connectivity index is 2.88. The molecule has 45 valence electrons. The predicted molar refractivity (Wildman–Crippen MR) is 34.8 cm³/mol. The standard InChI is InChI=1S/C6H5BrO.Zr/c7-5-1-3-6(8)4-2-5;/h1-4,8H;/q;+1/p-1. The summed E-state index contributed by atoms with van der Waals surface area (Å²) in [6, 6.07) is 7.77. The van der Waals surface area contributed by atoms with Crippen LogP contribution in [-0.4, -0.2) is 0 Å². The fourth-order valence-electron chi connectivity index (χ4n) is 0.503. The molecular weight excluding hydrogens is 259 g/mol. The Morgan fingerprint density at radius 1 is 1.22 bits per heavy atom. The van der Waals surface area contributed by atoms with Crippen molar-refractivity contribution in [1.82, 2.24) is 0 Å². The fraction of sp³-hybridized carbons (Fsp3) is 0. The molecule has 3 heteroatoms. The predicted octanol–water partition coefficient (Wildman–Crippen LogP) is 2.29. The summed E-state index contributed by atoms with van der Waals surface area (Å²) in [7, 11) is 0. The van der Waals surface area contributed by atoms with E-state index in [1.165, 1.54) is 0 Å². The summed E-state index contributed by atoms with van der Waals surface area (Å²) in [6.45, 7) is 0. The summed E-state index contributed by atoms with van der Waals surface area (Å²) in [4.78, 5) is 0. The van der Waals surface area contributed by atoms with Gasteiger partial charge in [-0.25, -0.2) is 0 Å². The molecule has 0 aliphatic heterocycles. The number of hydrogen-bond acceptors (Lipinski definition) is 1. The molecule has 0 bridgehead atoms. The zero-order valence-electron chi connectivity index (χ0n) is 4.60. The van der Waals surface area contributed by atoms with Gasteiger partial charge in [-0.3, -0.25) is 0 Å². The van der Waals surface area contributed by atoms with Crippen LogP contribution in [0.15, 0.2) is 28.7 Å². The van der Waals surface area contributed by atoms with E-state index in [9.17, 15) is 0 Å². The second-order valence-electron chi connectivity index (χ2n) is 1.56. The topological polar surface area (TPSA) is 9.23 Å². The van der Waals surface area contributed by atoms with E-state index in [0.29, 0.717) is 0 Å². The van der Waals surface area contributed by atoms with Crippen LogP contribution in [0, 0.1) is 0 Å². The summed E-state index contributed by atoms with van der Waals surface area (Å²) >= 11 is 4.40. The van der Waals surface area contributed by atoms with E-state index in [-0.39, 0.29) is 0 Å². The monoisotopic (exact) mass is 261 g/mol. The molecular formula is C6H4BrOZr. The van der Waals surface area contributed by atoms with Gasteiger partial charge >= 0.3 is 78.4 Å². The van der Waals surface area contributed by atoms with Crippen LogP contribution >= 0.6 is 15.9 Å². The van der Waals surface area contributed by atoms with E-state index >= 15 is 0 Å². The molecule has 0 radical (unpaired) electrons. The Morgan fingerprint density at radius 3 is 2.22 bits per heavy atom. The number of halogens is 1. The van der Waals surface area contributed by atoms with Gasteiger partial charge in [0.2, 0.25) is 0 Å². The normalized spacial score (nSPS) is 8.89. The summed E-state index contributed by atoms with van der Waals surface area (Å²) in [5.74, 6) is 0.927. The molecule has 9 heavy (non-hydrogen) atoms. The molecule has 0 aliphatic carbocycles. The van der Waals surface area contributed by atoms with Gasteiger partial charge in [0.15, 0.2) is 0 Å². The van der Waals surface area contributed by atoms with Crippen molar-refractivity contribution in [3.8, 4) is 5.75 Å². The molecule has 0 saturated heterocycles. The molecule has 1 rings (SSSR count). The van der Waals surface area contributed by atoms with Crippen molar-refractivity contribution in [2.45, 2.75) is 0 Å². The average Bonchev–Trinajstić information content (AvgIpc) is 1.90. The van der Waals surface area contributed by atoms with Gasteiger partial charge < -0.3 is 0 Å². The first-order valence-electron chi connectivity index (χ1n) is 2.42. The molecule has 0 atom stereocenters. The zero-order valence-corrected chi connectivity index (χ0v) is 8.64. The van der Waals surface area contributed by atoms with Crippen LogP contribution in [0.3, 0.4) is 0 Å². The van der Waals surface area contributed by atoms with Crippen molar-refractivity contribution < 1.29 is 28.0 Å². The SMILES string of the molecule is Brc1ccc([O][Zr])cc1. The molecule has 0 amide bonds. The summed E-state index contributed by atoms with van der Waals surface area (Å²) in [5, 5.41) is 0. The molecule has 1 nitrogen and oxygen atoms in total. The van der Waals surface area contributed by atoms with Gasteiger partial charge in [0.25, 0.3) is 0 Å². The molecule has 1 aromatic carbocycles. The fourth-order valence-corrected chi connectivity index (χ4v) is 1.10. The summed E-state index contributed by atoms with van der Waals surface area (Å²) < 4.78 is 6.12. The van der Waals surface area contributed by atoms with Crippen molar-refractivity contribution in [3.05, 3.63) is 28.7 Å². The van der Waals surface area contributed by atoms with Crippen molar-refractivity contribution in [2.75, 3.05) is 0 Å². The van der Waals surface area contributed by atoms with Gasteiger partial charge in [0.05, 0.1) is 0 Å². The molecule has 0 N–H and O–H groups in total. The van der Waals surface area contributed by atoms with Gasteiger partial charge in [-0.05, 0) is 0 Å². The molecule has 0 aliphatic rings. The number of benzene rings is 1. The molecule has 0 unspecified atom stereocenters. The van der Waals surface area contributed by atoms with Crippen LogP contribution in [0.5, 0.6) is 5.75 Å². The van der Waals surface area contributed by atoms with E-state index in [1.807, 2.05) is 24.3 Å². The number of hydrogen-bond donors (Lipinski definition) is 0. The zero-order chi connectivity index (χ0) is 6.69. The third-order valence-electron chi connectivity index (χ3n) is 0.931. The van der Waals surface area contributed by atoms with Crippen LogP contribution in [-0.2, 0) is 25.2 Å². The Hall–Kier alpha value is 0.383. The van der Waals surface area contributed by atoms with Gasteiger partial charge in [-0.2, -0.15) is 0 Å². The van der Waals surface area contributed by atoms with Crippen molar-refractivity contribution in [3.63, 3.8) is 0 Å². The molecule has 0 spiro atoms.